The predicted octanol–water partition coefficient (Wildman–Crippen LogP) is 3.59. The Labute approximate surface area is 189 Å². The van der Waals surface area contributed by atoms with Gasteiger partial charge in [0.2, 0.25) is 18.6 Å². The molecule has 3 rings (SSSR count). The third-order valence-electron chi connectivity index (χ3n) is 5.33. The highest BCUT2D eigenvalue weighted by molar-refractivity contribution is 5.84. The summed E-state index contributed by atoms with van der Waals surface area (Å²) < 4.78 is 21.5. The SMILES string of the molecule is CCCCCC(=O)N(CCOC)CC(=O)N(Cc1ccc2c(c1)OCO2)Cc1ccco1. The lowest BCUT2D eigenvalue weighted by atomic mass is 10.1. The van der Waals surface area contributed by atoms with Gasteiger partial charge in [-0.1, -0.05) is 25.8 Å². The van der Waals surface area contributed by atoms with Crippen molar-refractivity contribution in [1.82, 2.24) is 9.80 Å². The van der Waals surface area contributed by atoms with E-state index in [4.69, 9.17) is 18.6 Å². The average molecular weight is 445 g/mol. The van der Waals surface area contributed by atoms with Crippen LogP contribution in [0.3, 0.4) is 0 Å². The molecule has 1 aliphatic rings. The smallest absolute Gasteiger partial charge is 0.242 e. The van der Waals surface area contributed by atoms with Crippen LogP contribution in [0.15, 0.2) is 41.0 Å². The first-order chi connectivity index (χ1) is 15.6. The minimum absolute atomic E-state index is 0.000418. The van der Waals surface area contributed by atoms with E-state index in [1.165, 1.54) is 0 Å². The fraction of sp³-hybridized carbons (Fsp3) is 0.500. The number of methoxy groups -OCH3 is 1. The molecular weight excluding hydrogens is 412 g/mol. The Balaban J connectivity index is 1.71. The van der Waals surface area contributed by atoms with Gasteiger partial charge in [-0.15, -0.1) is 0 Å². The monoisotopic (exact) mass is 444 g/mol. The van der Waals surface area contributed by atoms with Crippen LogP contribution >= 0.6 is 0 Å². The van der Waals surface area contributed by atoms with Crippen molar-refractivity contribution in [2.45, 2.75) is 45.7 Å². The summed E-state index contributed by atoms with van der Waals surface area (Å²) in [7, 11) is 1.59. The Morgan fingerprint density at radius 3 is 2.62 bits per heavy atom. The minimum atomic E-state index is -0.154. The lowest BCUT2D eigenvalue weighted by Crippen LogP contribution is -2.43. The zero-order valence-electron chi connectivity index (χ0n) is 18.9. The highest BCUT2D eigenvalue weighted by Crippen LogP contribution is 2.33. The molecule has 1 aliphatic heterocycles. The summed E-state index contributed by atoms with van der Waals surface area (Å²) in [5, 5.41) is 0. The molecule has 2 aromatic rings. The summed E-state index contributed by atoms with van der Waals surface area (Å²) >= 11 is 0. The van der Waals surface area contributed by atoms with E-state index in [0.29, 0.717) is 49.9 Å². The number of hydrogen-bond donors (Lipinski definition) is 0. The van der Waals surface area contributed by atoms with Crippen LogP contribution in [-0.4, -0.2) is 55.2 Å². The van der Waals surface area contributed by atoms with E-state index in [0.717, 1.165) is 24.8 Å². The molecule has 2 amide bonds. The standard InChI is InChI=1S/C24H32N2O6/c1-3-4-5-8-23(27)25(11-13-29-2)17-24(28)26(16-20-7-6-12-30-20)15-19-9-10-21-22(14-19)32-18-31-21/h6-7,9-10,12,14H,3-5,8,11,13,15-18H2,1-2H3. The quantitative estimate of drug-likeness (QED) is 0.439. The topological polar surface area (TPSA) is 81.5 Å². The predicted molar refractivity (Wildman–Crippen MR) is 118 cm³/mol. The maximum absolute atomic E-state index is 13.3. The molecule has 174 valence electrons. The van der Waals surface area contributed by atoms with Gasteiger partial charge in [0.1, 0.15) is 5.76 Å². The number of hydrogen-bond acceptors (Lipinski definition) is 6. The summed E-state index contributed by atoms with van der Waals surface area (Å²) in [5.41, 5.74) is 0.909. The molecule has 0 N–H and O–H groups in total. The van der Waals surface area contributed by atoms with Crippen LogP contribution in [0.1, 0.15) is 43.9 Å². The third kappa shape index (κ3) is 6.75. The van der Waals surface area contributed by atoms with Gasteiger partial charge in [0.05, 0.1) is 26.0 Å². The van der Waals surface area contributed by atoms with Gasteiger partial charge >= 0.3 is 0 Å². The normalized spacial score (nSPS) is 12.1. The Morgan fingerprint density at radius 1 is 1.03 bits per heavy atom. The van der Waals surface area contributed by atoms with Crippen molar-refractivity contribution in [3.05, 3.63) is 47.9 Å². The fourth-order valence-electron chi connectivity index (χ4n) is 3.52. The van der Waals surface area contributed by atoms with E-state index in [-0.39, 0.29) is 25.2 Å². The molecule has 0 bridgehead atoms. The zero-order valence-corrected chi connectivity index (χ0v) is 18.9. The first-order valence-electron chi connectivity index (χ1n) is 11.1. The largest absolute Gasteiger partial charge is 0.467 e. The van der Waals surface area contributed by atoms with Crippen molar-refractivity contribution >= 4 is 11.8 Å². The Hall–Kier alpha value is -3.00. The second-order valence-corrected chi connectivity index (χ2v) is 7.78. The van der Waals surface area contributed by atoms with E-state index in [1.807, 2.05) is 24.3 Å². The molecule has 0 atom stereocenters. The summed E-state index contributed by atoms with van der Waals surface area (Å²) in [4.78, 5) is 29.3. The second kappa shape index (κ2) is 12.1. The van der Waals surface area contributed by atoms with Crippen LogP contribution < -0.4 is 9.47 Å². The van der Waals surface area contributed by atoms with Crippen LogP contribution in [-0.2, 0) is 27.4 Å². The molecule has 8 heteroatoms. The van der Waals surface area contributed by atoms with Gasteiger partial charge in [-0.2, -0.15) is 0 Å². The molecule has 8 nitrogen and oxygen atoms in total. The van der Waals surface area contributed by atoms with Crippen molar-refractivity contribution in [2.24, 2.45) is 0 Å². The first-order valence-corrected chi connectivity index (χ1v) is 11.1. The van der Waals surface area contributed by atoms with E-state index >= 15 is 0 Å². The lowest BCUT2D eigenvalue weighted by Gasteiger charge is -2.27. The number of benzene rings is 1. The number of nitrogens with zero attached hydrogens (tertiary/aromatic N) is 2. The molecule has 2 heterocycles. The van der Waals surface area contributed by atoms with Crippen LogP contribution in [0, 0.1) is 0 Å². The number of carbonyl (C=O) groups excluding carboxylic acids is 2. The van der Waals surface area contributed by atoms with Gasteiger partial charge in [-0.05, 0) is 36.2 Å². The van der Waals surface area contributed by atoms with Crippen molar-refractivity contribution in [2.75, 3.05) is 33.6 Å². The van der Waals surface area contributed by atoms with Gasteiger partial charge in [-0.25, -0.2) is 0 Å². The summed E-state index contributed by atoms with van der Waals surface area (Å²) in [6.07, 6.45) is 4.87. The number of carbonyl (C=O) groups is 2. The molecule has 0 spiro atoms. The summed E-state index contributed by atoms with van der Waals surface area (Å²) in [6, 6.07) is 9.26. The highest BCUT2D eigenvalue weighted by Gasteiger charge is 2.23. The number of rotatable bonds is 13. The van der Waals surface area contributed by atoms with Crippen LogP contribution in [0.25, 0.3) is 0 Å². The minimum Gasteiger partial charge on any atom is -0.467 e. The highest BCUT2D eigenvalue weighted by atomic mass is 16.7. The molecule has 0 saturated carbocycles. The molecule has 0 saturated heterocycles. The Morgan fingerprint density at radius 2 is 1.88 bits per heavy atom. The fourth-order valence-corrected chi connectivity index (χ4v) is 3.52. The maximum Gasteiger partial charge on any atom is 0.242 e. The Bertz CT molecular complexity index is 867. The summed E-state index contributed by atoms with van der Waals surface area (Å²) in [5.74, 6) is 1.86. The van der Waals surface area contributed by atoms with Crippen LogP contribution in [0.4, 0.5) is 0 Å². The summed E-state index contributed by atoms with van der Waals surface area (Å²) in [6.45, 7) is 3.72. The van der Waals surface area contributed by atoms with Gasteiger partial charge in [0.25, 0.3) is 0 Å². The van der Waals surface area contributed by atoms with Crippen molar-refractivity contribution in [1.29, 1.82) is 0 Å². The number of furan rings is 1. The molecule has 1 aromatic carbocycles. The van der Waals surface area contributed by atoms with E-state index in [9.17, 15) is 9.59 Å². The van der Waals surface area contributed by atoms with Crippen LogP contribution in [0.5, 0.6) is 11.5 Å². The van der Waals surface area contributed by atoms with Crippen molar-refractivity contribution in [3.8, 4) is 11.5 Å². The molecule has 0 aliphatic carbocycles. The van der Waals surface area contributed by atoms with E-state index in [2.05, 4.69) is 6.92 Å². The van der Waals surface area contributed by atoms with Gasteiger partial charge in [0, 0.05) is 26.6 Å². The van der Waals surface area contributed by atoms with E-state index < -0.39 is 0 Å². The van der Waals surface area contributed by atoms with Crippen molar-refractivity contribution < 1.29 is 28.2 Å². The van der Waals surface area contributed by atoms with Gasteiger partial charge in [-0.3, -0.25) is 9.59 Å². The molecule has 32 heavy (non-hydrogen) atoms. The molecule has 0 fully saturated rings. The molecule has 1 aromatic heterocycles. The van der Waals surface area contributed by atoms with Crippen LogP contribution in [0.2, 0.25) is 0 Å². The average Bonchev–Trinajstić information content (AvgIpc) is 3.47. The number of amides is 2. The first kappa shape index (κ1) is 23.7. The molecule has 0 radical (unpaired) electrons. The van der Waals surface area contributed by atoms with Gasteiger partial charge in [0.15, 0.2) is 11.5 Å². The van der Waals surface area contributed by atoms with Gasteiger partial charge < -0.3 is 28.4 Å². The maximum atomic E-state index is 13.3. The second-order valence-electron chi connectivity index (χ2n) is 7.78. The third-order valence-corrected chi connectivity index (χ3v) is 5.33. The number of unbranched alkanes of at least 4 members (excludes halogenated alkanes) is 2. The van der Waals surface area contributed by atoms with Crippen molar-refractivity contribution in [3.63, 3.8) is 0 Å². The molecule has 0 unspecified atom stereocenters. The van der Waals surface area contributed by atoms with E-state index in [1.54, 1.807) is 29.2 Å². The Kier molecular flexibility index (Phi) is 8.98. The zero-order chi connectivity index (χ0) is 22.8. The number of fused-ring (bicyclic) bond motifs is 1. The lowest BCUT2D eigenvalue weighted by molar-refractivity contribution is -0.142. The molecular formula is C24H32N2O6. The number of ether oxygens (including phenoxy) is 3.